The first-order valence-corrected chi connectivity index (χ1v) is 8.37. The minimum absolute atomic E-state index is 0.373. The zero-order chi connectivity index (χ0) is 13.0. The van der Waals surface area contributed by atoms with E-state index in [0.29, 0.717) is 5.41 Å². The summed E-state index contributed by atoms with van der Waals surface area (Å²) in [6, 6.07) is 0. The van der Waals surface area contributed by atoms with Crippen molar-refractivity contribution in [2.75, 3.05) is 32.1 Å². The number of nitrogens with zero attached hydrogens (tertiary/aromatic N) is 2. The first kappa shape index (κ1) is 14.4. The summed E-state index contributed by atoms with van der Waals surface area (Å²) in [6.07, 6.45) is 2.30. The van der Waals surface area contributed by atoms with E-state index in [9.17, 15) is 0 Å². The van der Waals surface area contributed by atoms with E-state index in [4.69, 9.17) is 4.74 Å². The van der Waals surface area contributed by atoms with E-state index < -0.39 is 0 Å². The summed E-state index contributed by atoms with van der Waals surface area (Å²) in [4.78, 5) is 6.92. The molecule has 0 bridgehead atoms. The highest BCUT2D eigenvalue weighted by molar-refractivity contribution is 9.09. The molecule has 0 aromatic carbocycles. The van der Waals surface area contributed by atoms with Gasteiger partial charge in [0.2, 0.25) is 0 Å². The zero-order valence-corrected chi connectivity index (χ0v) is 13.5. The molecular weight excluding hydrogens is 312 g/mol. The Labute approximate surface area is 122 Å². The number of aromatic nitrogens is 1. The second-order valence-corrected chi connectivity index (χ2v) is 6.90. The van der Waals surface area contributed by atoms with E-state index in [2.05, 4.69) is 45.2 Å². The van der Waals surface area contributed by atoms with Crippen LogP contribution in [0, 0.1) is 12.3 Å². The van der Waals surface area contributed by atoms with Crippen LogP contribution in [-0.2, 0) is 11.3 Å². The molecule has 0 N–H and O–H groups in total. The van der Waals surface area contributed by atoms with Crippen molar-refractivity contribution in [3.8, 4) is 0 Å². The van der Waals surface area contributed by atoms with Crippen molar-refractivity contribution in [3.05, 3.63) is 16.1 Å². The summed E-state index contributed by atoms with van der Waals surface area (Å²) in [5.41, 5.74) is 1.56. The maximum Gasteiger partial charge on any atom is 0.0897 e. The summed E-state index contributed by atoms with van der Waals surface area (Å²) in [5, 5.41) is 4.38. The van der Waals surface area contributed by atoms with Gasteiger partial charge in [-0.05, 0) is 32.2 Å². The van der Waals surface area contributed by atoms with Gasteiger partial charge >= 0.3 is 0 Å². The highest BCUT2D eigenvalue weighted by Gasteiger charge is 2.32. The van der Waals surface area contributed by atoms with Crippen LogP contribution >= 0.6 is 27.3 Å². The summed E-state index contributed by atoms with van der Waals surface area (Å²) in [6.45, 7) is 5.91. The highest BCUT2D eigenvalue weighted by atomic mass is 79.9. The molecule has 2 heterocycles. The van der Waals surface area contributed by atoms with E-state index in [0.717, 1.165) is 49.5 Å². The Morgan fingerprint density at radius 3 is 2.78 bits per heavy atom. The van der Waals surface area contributed by atoms with Gasteiger partial charge in [0.25, 0.3) is 0 Å². The molecule has 0 spiro atoms. The zero-order valence-electron chi connectivity index (χ0n) is 11.1. The smallest absolute Gasteiger partial charge is 0.0897 e. The van der Waals surface area contributed by atoms with Crippen LogP contribution in [0.4, 0.5) is 0 Å². The molecule has 102 valence electrons. The Hall–Kier alpha value is 0.0300. The van der Waals surface area contributed by atoms with Gasteiger partial charge in [0.15, 0.2) is 0 Å². The fourth-order valence-corrected chi connectivity index (χ4v) is 3.87. The minimum atomic E-state index is 0.373. The predicted molar refractivity (Wildman–Crippen MR) is 79.5 cm³/mol. The summed E-state index contributed by atoms with van der Waals surface area (Å²) in [5.74, 6) is 0. The molecule has 5 heteroatoms. The molecule has 18 heavy (non-hydrogen) atoms. The molecule has 0 unspecified atom stereocenters. The van der Waals surface area contributed by atoms with Gasteiger partial charge in [-0.1, -0.05) is 15.9 Å². The first-order chi connectivity index (χ1) is 8.63. The number of rotatable bonds is 5. The second kappa shape index (κ2) is 6.46. The van der Waals surface area contributed by atoms with E-state index in [-0.39, 0.29) is 0 Å². The summed E-state index contributed by atoms with van der Waals surface area (Å²) in [7, 11) is 2.19. The van der Waals surface area contributed by atoms with Crippen molar-refractivity contribution in [1.82, 2.24) is 9.88 Å². The molecule has 1 aliphatic heterocycles. The molecule has 0 radical (unpaired) electrons. The Balaban J connectivity index is 1.90. The SMILES string of the molecule is Cc1nc(CN(C)CC2(CBr)CCOCC2)cs1. The van der Waals surface area contributed by atoms with Crippen molar-refractivity contribution in [1.29, 1.82) is 0 Å². The van der Waals surface area contributed by atoms with Crippen LogP contribution in [0.15, 0.2) is 5.38 Å². The third kappa shape index (κ3) is 3.76. The number of thiazole rings is 1. The highest BCUT2D eigenvalue weighted by Crippen LogP contribution is 2.33. The molecule has 0 amide bonds. The number of aryl methyl sites for hydroxylation is 1. The van der Waals surface area contributed by atoms with E-state index in [1.54, 1.807) is 11.3 Å². The number of hydrogen-bond donors (Lipinski definition) is 0. The van der Waals surface area contributed by atoms with Gasteiger partial charge < -0.3 is 4.74 Å². The van der Waals surface area contributed by atoms with Crippen molar-refractivity contribution < 1.29 is 4.74 Å². The molecule has 0 aliphatic carbocycles. The largest absolute Gasteiger partial charge is 0.381 e. The predicted octanol–water partition coefficient (Wildman–Crippen LogP) is 3.08. The Bertz CT molecular complexity index is 377. The first-order valence-electron chi connectivity index (χ1n) is 6.37. The molecule has 1 fully saturated rings. The second-order valence-electron chi connectivity index (χ2n) is 5.28. The maximum absolute atomic E-state index is 5.48. The van der Waals surface area contributed by atoms with Crippen LogP contribution in [0.1, 0.15) is 23.5 Å². The van der Waals surface area contributed by atoms with Gasteiger partial charge in [-0.25, -0.2) is 4.98 Å². The van der Waals surface area contributed by atoms with Crippen LogP contribution in [0.5, 0.6) is 0 Å². The Morgan fingerprint density at radius 2 is 2.22 bits per heavy atom. The standard InChI is InChI=1S/C13H21BrN2OS/c1-11-15-12(8-18-11)7-16(2)10-13(9-14)3-5-17-6-4-13/h8H,3-7,9-10H2,1-2H3. The molecule has 3 nitrogen and oxygen atoms in total. The van der Waals surface area contributed by atoms with Crippen molar-refractivity contribution in [2.24, 2.45) is 5.41 Å². The molecule has 1 aromatic rings. The monoisotopic (exact) mass is 332 g/mol. The van der Waals surface area contributed by atoms with Crippen molar-refractivity contribution in [3.63, 3.8) is 0 Å². The quantitative estimate of drug-likeness (QED) is 0.775. The van der Waals surface area contributed by atoms with E-state index in [1.165, 1.54) is 5.69 Å². The maximum atomic E-state index is 5.48. The molecule has 1 aromatic heterocycles. The van der Waals surface area contributed by atoms with Gasteiger partial charge in [-0.3, -0.25) is 4.90 Å². The Morgan fingerprint density at radius 1 is 1.50 bits per heavy atom. The van der Waals surface area contributed by atoms with Gasteiger partial charge in [0.1, 0.15) is 0 Å². The van der Waals surface area contributed by atoms with Gasteiger partial charge in [-0.2, -0.15) is 0 Å². The number of alkyl halides is 1. The average Bonchev–Trinajstić information content (AvgIpc) is 2.75. The molecular formula is C13H21BrN2OS. The van der Waals surface area contributed by atoms with Gasteiger partial charge in [0, 0.05) is 37.0 Å². The molecule has 1 saturated heterocycles. The lowest BCUT2D eigenvalue weighted by molar-refractivity contribution is 0.0108. The summed E-state index contributed by atoms with van der Waals surface area (Å²) >= 11 is 5.42. The molecule has 1 aliphatic rings. The number of ether oxygens (including phenoxy) is 1. The fourth-order valence-electron chi connectivity index (χ4n) is 2.52. The van der Waals surface area contributed by atoms with Crippen LogP contribution < -0.4 is 0 Å². The third-order valence-electron chi connectivity index (χ3n) is 3.54. The lowest BCUT2D eigenvalue weighted by Crippen LogP contribution is -2.41. The van der Waals surface area contributed by atoms with Crippen molar-refractivity contribution in [2.45, 2.75) is 26.3 Å². The van der Waals surface area contributed by atoms with Crippen LogP contribution in [0.3, 0.4) is 0 Å². The van der Waals surface area contributed by atoms with E-state index in [1.807, 2.05) is 0 Å². The van der Waals surface area contributed by atoms with E-state index >= 15 is 0 Å². The fraction of sp³-hybridized carbons (Fsp3) is 0.769. The Kier molecular flexibility index (Phi) is 5.18. The molecule has 0 saturated carbocycles. The average molecular weight is 333 g/mol. The van der Waals surface area contributed by atoms with Crippen LogP contribution in [0.25, 0.3) is 0 Å². The van der Waals surface area contributed by atoms with Gasteiger partial charge in [-0.15, -0.1) is 11.3 Å². The van der Waals surface area contributed by atoms with Gasteiger partial charge in [0.05, 0.1) is 10.7 Å². The number of hydrogen-bond acceptors (Lipinski definition) is 4. The lowest BCUT2D eigenvalue weighted by atomic mass is 9.82. The third-order valence-corrected chi connectivity index (χ3v) is 5.55. The van der Waals surface area contributed by atoms with Crippen LogP contribution in [-0.4, -0.2) is 42.0 Å². The summed E-state index contributed by atoms with van der Waals surface area (Å²) < 4.78 is 5.48. The molecule has 2 rings (SSSR count). The van der Waals surface area contributed by atoms with Crippen LogP contribution in [0.2, 0.25) is 0 Å². The van der Waals surface area contributed by atoms with Crippen molar-refractivity contribution >= 4 is 27.3 Å². The topological polar surface area (TPSA) is 25.4 Å². The lowest BCUT2D eigenvalue weighted by Gasteiger charge is -2.38. The molecule has 0 atom stereocenters. The normalized spacial score (nSPS) is 19.3. The minimum Gasteiger partial charge on any atom is -0.381 e. The number of halogens is 1.